The predicted octanol–water partition coefficient (Wildman–Crippen LogP) is 3.61. The summed E-state index contributed by atoms with van der Waals surface area (Å²) in [5, 5.41) is 11.4. The standard InChI is InChI=1S/C19H22N4OS2/c1-3-23(13-15-8-5-4-6-9-15)18(24)14-26-19-21-20-17(22(19)2)12-16-10-7-11-25-16/h4-11H,3,12-14H2,1-2H3. The van der Waals surface area contributed by atoms with E-state index in [-0.39, 0.29) is 5.91 Å². The van der Waals surface area contributed by atoms with Crippen LogP contribution in [0.15, 0.2) is 53.0 Å². The second kappa shape index (κ2) is 9.00. The number of carbonyl (C=O) groups is 1. The molecule has 0 saturated heterocycles. The van der Waals surface area contributed by atoms with Gasteiger partial charge < -0.3 is 9.47 Å². The number of benzene rings is 1. The maximum Gasteiger partial charge on any atom is 0.233 e. The molecule has 0 saturated carbocycles. The SMILES string of the molecule is CCN(Cc1ccccc1)C(=O)CSc1nnc(Cc2cccs2)n1C. The van der Waals surface area contributed by atoms with Crippen molar-refractivity contribution in [2.45, 2.75) is 25.0 Å². The molecular weight excluding hydrogens is 364 g/mol. The molecular formula is C19H22N4OS2. The average Bonchev–Trinajstić information content (AvgIpc) is 3.30. The quantitative estimate of drug-likeness (QED) is 0.555. The van der Waals surface area contributed by atoms with Gasteiger partial charge in [0.25, 0.3) is 0 Å². The van der Waals surface area contributed by atoms with E-state index in [2.05, 4.69) is 21.6 Å². The topological polar surface area (TPSA) is 51.0 Å². The number of nitrogens with zero attached hydrogens (tertiary/aromatic N) is 4. The van der Waals surface area contributed by atoms with Gasteiger partial charge in [-0.15, -0.1) is 21.5 Å². The van der Waals surface area contributed by atoms with Gasteiger partial charge in [-0.05, 0) is 23.9 Å². The molecule has 136 valence electrons. The van der Waals surface area contributed by atoms with Crippen molar-refractivity contribution in [2.75, 3.05) is 12.3 Å². The lowest BCUT2D eigenvalue weighted by Gasteiger charge is -2.20. The van der Waals surface area contributed by atoms with E-state index >= 15 is 0 Å². The zero-order valence-corrected chi connectivity index (χ0v) is 16.6. The fourth-order valence-electron chi connectivity index (χ4n) is 2.59. The Morgan fingerprint density at radius 2 is 2.00 bits per heavy atom. The minimum atomic E-state index is 0.115. The summed E-state index contributed by atoms with van der Waals surface area (Å²) in [6.45, 7) is 3.34. The Labute approximate surface area is 162 Å². The van der Waals surface area contributed by atoms with Gasteiger partial charge in [-0.3, -0.25) is 4.79 Å². The van der Waals surface area contributed by atoms with E-state index in [4.69, 9.17) is 0 Å². The van der Waals surface area contributed by atoms with Gasteiger partial charge in [-0.25, -0.2) is 0 Å². The Morgan fingerprint density at radius 1 is 1.19 bits per heavy atom. The van der Waals surface area contributed by atoms with E-state index in [0.717, 1.165) is 23.0 Å². The van der Waals surface area contributed by atoms with Gasteiger partial charge in [-0.2, -0.15) is 0 Å². The Hall–Kier alpha value is -2.12. The van der Waals surface area contributed by atoms with Gasteiger partial charge in [0.05, 0.1) is 5.75 Å². The minimum Gasteiger partial charge on any atom is -0.338 e. The lowest BCUT2D eigenvalue weighted by atomic mass is 10.2. The van der Waals surface area contributed by atoms with E-state index < -0.39 is 0 Å². The van der Waals surface area contributed by atoms with Gasteiger partial charge >= 0.3 is 0 Å². The van der Waals surface area contributed by atoms with Crippen molar-refractivity contribution in [2.24, 2.45) is 7.05 Å². The highest BCUT2D eigenvalue weighted by molar-refractivity contribution is 7.99. The summed E-state index contributed by atoms with van der Waals surface area (Å²) in [7, 11) is 1.96. The molecule has 0 N–H and O–H groups in total. The smallest absolute Gasteiger partial charge is 0.233 e. The number of amides is 1. The van der Waals surface area contributed by atoms with Crippen LogP contribution in [0, 0.1) is 0 Å². The Bertz CT molecular complexity index is 831. The Morgan fingerprint density at radius 3 is 2.69 bits per heavy atom. The maximum absolute atomic E-state index is 12.6. The summed E-state index contributed by atoms with van der Waals surface area (Å²) in [5.41, 5.74) is 1.14. The first-order valence-electron chi connectivity index (χ1n) is 8.52. The molecule has 0 radical (unpaired) electrons. The zero-order chi connectivity index (χ0) is 18.4. The molecule has 0 aliphatic carbocycles. The van der Waals surface area contributed by atoms with Crippen molar-refractivity contribution in [1.82, 2.24) is 19.7 Å². The van der Waals surface area contributed by atoms with Crippen molar-refractivity contribution >= 4 is 29.0 Å². The second-order valence-electron chi connectivity index (χ2n) is 5.90. The summed E-state index contributed by atoms with van der Waals surface area (Å²) < 4.78 is 1.98. The molecule has 1 aromatic carbocycles. The van der Waals surface area contributed by atoms with Crippen LogP contribution in [0.3, 0.4) is 0 Å². The normalized spacial score (nSPS) is 10.8. The van der Waals surface area contributed by atoms with Crippen molar-refractivity contribution in [3.63, 3.8) is 0 Å². The molecule has 1 amide bonds. The van der Waals surface area contributed by atoms with Crippen LogP contribution in [-0.2, 0) is 24.8 Å². The number of carbonyl (C=O) groups excluding carboxylic acids is 1. The van der Waals surface area contributed by atoms with E-state index in [1.54, 1.807) is 11.3 Å². The second-order valence-corrected chi connectivity index (χ2v) is 7.87. The summed E-state index contributed by atoms with van der Waals surface area (Å²) in [6, 6.07) is 14.2. The number of hydrogen-bond donors (Lipinski definition) is 0. The molecule has 0 fully saturated rings. The molecule has 0 aliphatic heterocycles. The molecule has 2 heterocycles. The van der Waals surface area contributed by atoms with Crippen LogP contribution in [0.5, 0.6) is 0 Å². The number of hydrogen-bond acceptors (Lipinski definition) is 5. The third-order valence-electron chi connectivity index (χ3n) is 4.11. The van der Waals surface area contributed by atoms with Crippen LogP contribution >= 0.6 is 23.1 Å². The van der Waals surface area contributed by atoms with Gasteiger partial charge in [0.15, 0.2) is 5.16 Å². The van der Waals surface area contributed by atoms with Crippen molar-refractivity contribution in [3.05, 3.63) is 64.1 Å². The predicted molar refractivity (Wildman–Crippen MR) is 106 cm³/mol. The van der Waals surface area contributed by atoms with Gasteiger partial charge in [-0.1, -0.05) is 48.2 Å². The average molecular weight is 387 g/mol. The van der Waals surface area contributed by atoms with E-state index in [1.165, 1.54) is 16.6 Å². The highest BCUT2D eigenvalue weighted by Gasteiger charge is 2.16. The van der Waals surface area contributed by atoms with E-state index in [0.29, 0.717) is 18.8 Å². The lowest BCUT2D eigenvalue weighted by molar-refractivity contribution is -0.128. The number of rotatable bonds is 8. The molecule has 3 rings (SSSR count). The summed E-state index contributed by atoms with van der Waals surface area (Å²) in [6.07, 6.45) is 0.769. The minimum absolute atomic E-state index is 0.115. The molecule has 0 bridgehead atoms. The molecule has 26 heavy (non-hydrogen) atoms. The van der Waals surface area contributed by atoms with Crippen molar-refractivity contribution in [1.29, 1.82) is 0 Å². The lowest BCUT2D eigenvalue weighted by Crippen LogP contribution is -2.31. The van der Waals surface area contributed by atoms with Crippen LogP contribution in [0.2, 0.25) is 0 Å². The number of aromatic nitrogens is 3. The number of thioether (sulfide) groups is 1. The molecule has 0 atom stereocenters. The highest BCUT2D eigenvalue weighted by Crippen LogP contribution is 2.20. The molecule has 0 spiro atoms. The van der Waals surface area contributed by atoms with Crippen LogP contribution in [0.25, 0.3) is 0 Å². The largest absolute Gasteiger partial charge is 0.338 e. The number of thiophene rings is 1. The highest BCUT2D eigenvalue weighted by atomic mass is 32.2. The molecule has 3 aromatic rings. The summed E-state index contributed by atoms with van der Waals surface area (Å²) >= 11 is 3.16. The Kier molecular flexibility index (Phi) is 6.46. The van der Waals surface area contributed by atoms with Gasteiger partial charge in [0.2, 0.25) is 5.91 Å². The van der Waals surface area contributed by atoms with Crippen LogP contribution in [0.1, 0.15) is 23.2 Å². The van der Waals surface area contributed by atoms with E-state index in [1.807, 2.05) is 59.8 Å². The molecule has 2 aromatic heterocycles. The molecule has 7 heteroatoms. The van der Waals surface area contributed by atoms with Crippen LogP contribution < -0.4 is 0 Å². The van der Waals surface area contributed by atoms with Gasteiger partial charge in [0.1, 0.15) is 5.82 Å². The first kappa shape index (κ1) is 18.7. The molecule has 5 nitrogen and oxygen atoms in total. The van der Waals surface area contributed by atoms with Crippen molar-refractivity contribution in [3.8, 4) is 0 Å². The third kappa shape index (κ3) is 4.74. The fourth-order valence-corrected chi connectivity index (χ4v) is 4.13. The van der Waals surface area contributed by atoms with Crippen molar-refractivity contribution < 1.29 is 4.79 Å². The van der Waals surface area contributed by atoms with E-state index in [9.17, 15) is 4.79 Å². The van der Waals surface area contributed by atoms with Crippen LogP contribution in [0.4, 0.5) is 0 Å². The van der Waals surface area contributed by atoms with Crippen LogP contribution in [-0.4, -0.2) is 37.9 Å². The zero-order valence-electron chi connectivity index (χ0n) is 15.0. The summed E-state index contributed by atoms with van der Waals surface area (Å²) in [5.74, 6) is 1.40. The molecule has 0 unspecified atom stereocenters. The third-order valence-corrected chi connectivity index (χ3v) is 5.99. The first-order valence-corrected chi connectivity index (χ1v) is 10.4. The first-order chi connectivity index (χ1) is 12.7. The maximum atomic E-state index is 12.6. The monoisotopic (exact) mass is 386 g/mol. The fraction of sp³-hybridized carbons (Fsp3) is 0.316. The summed E-state index contributed by atoms with van der Waals surface area (Å²) in [4.78, 5) is 15.7. The van der Waals surface area contributed by atoms with Gasteiger partial charge in [0, 0.05) is 31.4 Å². The Balaban J connectivity index is 1.57. The molecule has 0 aliphatic rings.